The zero-order valence-corrected chi connectivity index (χ0v) is 16.1. The molecule has 0 aliphatic carbocycles. The maximum absolute atomic E-state index is 12.4. The van der Waals surface area contributed by atoms with Crippen molar-refractivity contribution in [2.75, 3.05) is 20.8 Å². The Bertz CT molecular complexity index is 827. The van der Waals surface area contributed by atoms with E-state index in [1.54, 1.807) is 12.1 Å². The van der Waals surface area contributed by atoms with Crippen LogP contribution in [-0.4, -0.2) is 32.6 Å². The SMILES string of the molecule is COc1cc(C(=O)OCC(=O)c2cc(C)c(C)cc2C)cc(OC)c1C. The Kier molecular flexibility index (Phi) is 6.03. The number of ketones is 1. The molecular formula is C21H24O5. The minimum absolute atomic E-state index is 0.231. The molecule has 0 heterocycles. The van der Waals surface area contributed by atoms with Gasteiger partial charge in [-0.25, -0.2) is 4.79 Å². The predicted molar refractivity (Wildman–Crippen MR) is 99.5 cm³/mol. The first-order chi connectivity index (χ1) is 12.3. The van der Waals surface area contributed by atoms with Gasteiger partial charge in [0.1, 0.15) is 11.5 Å². The Labute approximate surface area is 153 Å². The van der Waals surface area contributed by atoms with Crippen LogP contribution in [0.5, 0.6) is 11.5 Å². The van der Waals surface area contributed by atoms with Crippen LogP contribution < -0.4 is 9.47 Å². The van der Waals surface area contributed by atoms with Crippen LogP contribution in [0.2, 0.25) is 0 Å². The summed E-state index contributed by atoms with van der Waals surface area (Å²) < 4.78 is 15.7. The van der Waals surface area contributed by atoms with E-state index < -0.39 is 5.97 Å². The average Bonchev–Trinajstić information content (AvgIpc) is 2.62. The summed E-state index contributed by atoms with van der Waals surface area (Å²) in [4.78, 5) is 24.8. The predicted octanol–water partition coefficient (Wildman–Crippen LogP) is 3.98. The number of carbonyl (C=O) groups excluding carboxylic acids is 2. The number of hydrogen-bond donors (Lipinski definition) is 0. The first kappa shape index (κ1) is 19.5. The van der Waals surface area contributed by atoms with Crippen LogP contribution in [-0.2, 0) is 4.74 Å². The number of esters is 1. The molecular weight excluding hydrogens is 332 g/mol. The first-order valence-corrected chi connectivity index (χ1v) is 8.29. The number of aryl methyl sites for hydroxylation is 3. The minimum Gasteiger partial charge on any atom is -0.496 e. The fraction of sp³-hybridized carbons (Fsp3) is 0.333. The van der Waals surface area contributed by atoms with Gasteiger partial charge in [-0.1, -0.05) is 6.07 Å². The van der Waals surface area contributed by atoms with Crippen LogP contribution in [0.3, 0.4) is 0 Å². The van der Waals surface area contributed by atoms with Gasteiger partial charge in [0.15, 0.2) is 6.61 Å². The maximum atomic E-state index is 12.4. The Balaban J connectivity index is 2.16. The fourth-order valence-corrected chi connectivity index (χ4v) is 2.76. The number of benzene rings is 2. The molecule has 0 atom stereocenters. The highest BCUT2D eigenvalue weighted by Gasteiger charge is 2.17. The second-order valence-electron chi connectivity index (χ2n) is 6.26. The monoisotopic (exact) mass is 356 g/mol. The van der Waals surface area contributed by atoms with E-state index in [9.17, 15) is 9.59 Å². The highest BCUT2D eigenvalue weighted by Crippen LogP contribution is 2.29. The second-order valence-corrected chi connectivity index (χ2v) is 6.26. The standard InChI is InChI=1S/C21H24O5/c1-12-7-14(3)17(8-13(12)2)18(22)11-26-21(23)16-9-19(24-5)15(4)20(10-16)25-6/h7-10H,11H2,1-6H3. The normalized spacial score (nSPS) is 10.4. The van der Waals surface area contributed by atoms with E-state index in [0.717, 1.165) is 22.3 Å². The van der Waals surface area contributed by atoms with Crippen LogP contribution in [0.4, 0.5) is 0 Å². The lowest BCUT2D eigenvalue weighted by Gasteiger charge is -2.13. The number of ether oxygens (including phenoxy) is 3. The van der Waals surface area contributed by atoms with Gasteiger partial charge in [-0.3, -0.25) is 4.79 Å². The Morgan fingerprint density at radius 3 is 1.88 bits per heavy atom. The van der Waals surface area contributed by atoms with Crippen LogP contribution >= 0.6 is 0 Å². The summed E-state index contributed by atoms with van der Waals surface area (Å²) in [7, 11) is 3.03. The molecule has 2 rings (SSSR count). The lowest BCUT2D eigenvalue weighted by Crippen LogP contribution is -2.16. The van der Waals surface area contributed by atoms with Crippen molar-refractivity contribution in [3.8, 4) is 11.5 Å². The van der Waals surface area contributed by atoms with Gasteiger partial charge in [0.05, 0.1) is 19.8 Å². The molecule has 0 saturated carbocycles. The van der Waals surface area contributed by atoms with Gasteiger partial charge in [-0.05, 0) is 62.6 Å². The van der Waals surface area contributed by atoms with Crippen LogP contribution in [0, 0.1) is 27.7 Å². The van der Waals surface area contributed by atoms with Gasteiger partial charge in [0, 0.05) is 11.1 Å². The van der Waals surface area contributed by atoms with E-state index in [1.165, 1.54) is 14.2 Å². The van der Waals surface area contributed by atoms with Gasteiger partial charge >= 0.3 is 5.97 Å². The molecule has 138 valence electrons. The topological polar surface area (TPSA) is 61.8 Å². The summed E-state index contributed by atoms with van der Waals surface area (Å²) in [5.41, 5.74) is 4.64. The van der Waals surface area contributed by atoms with Crippen molar-refractivity contribution in [1.29, 1.82) is 0 Å². The molecule has 0 unspecified atom stereocenters. The molecule has 0 fully saturated rings. The number of carbonyl (C=O) groups is 2. The van der Waals surface area contributed by atoms with Crippen LogP contribution in [0.15, 0.2) is 24.3 Å². The highest BCUT2D eigenvalue weighted by atomic mass is 16.5. The summed E-state index contributed by atoms with van der Waals surface area (Å²) in [6, 6.07) is 6.94. The van der Waals surface area contributed by atoms with Crippen molar-refractivity contribution in [2.24, 2.45) is 0 Å². The third kappa shape index (κ3) is 4.04. The molecule has 2 aromatic rings. The minimum atomic E-state index is -0.601. The van der Waals surface area contributed by atoms with E-state index in [4.69, 9.17) is 14.2 Å². The van der Waals surface area contributed by atoms with Crippen molar-refractivity contribution in [3.05, 3.63) is 57.6 Å². The van der Waals surface area contributed by atoms with Gasteiger partial charge in [-0.15, -0.1) is 0 Å². The second kappa shape index (κ2) is 8.04. The summed E-state index contributed by atoms with van der Waals surface area (Å²) >= 11 is 0. The lowest BCUT2D eigenvalue weighted by atomic mass is 9.98. The van der Waals surface area contributed by atoms with Crippen LogP contribution in [0.1, 0.15) is 43.0 Å². The molecule has 0 saturated heterocycles. The molecule has 2 aromatic carbocycles. The van der Waals surface area contributed by atoms with E-state index >= 15 is 0 Å². The number of rotatable bonds is 6. The van der Waals surface area contributed by atoms with E-state index in [1.807, 2.05) is 39.8 Å². The van der Waals surface area contributed by atoms with Crippen molar-refractivity contribution >= 4 is 11.8 Å². The van der Waals surface area contributed by atoms with Gasteiger partial charge in [0.2, 0.25) is 5.78 Å². The largest absolute Gasteiger partial charge is 0.496 e. The van der Waals surface area contributed by atoms with Crippen molar-refractivity contribution in [3.63, 3.8) is 0 Å². The molecule has 26 heavy (non-hydrogen) atoms. The van der Waals surface area contributed by atoms with Gasteiger partial charge < -0.3 is 14.2 Å². The van der Waals surface area contributed by atoms with E-state index in [-0.39, 0.29) is 18.0 Å². The van der Waals surface area contributed by atoms with Gasteiger partial charge in [-0.2, -0.15) is 0 Å². The molecule has 0 aliphatic heterocycles. The van der Waals surface area contributed by atoms with E-state index in [2.05, 4.69) is 0 Å². The van der Waals surface area contributed by atoms with Gasteiger partial charge in [0.25, 0.3) is 0 Å². The zero-order chi connectivity index (χ0) is 19.4. The molecule has 5 heteroatoms. The molecule has 0 radical (unpaired) electrons. The molecule has 0 amide bonds. The summed E-state index contributed by atoms with van der Waals surface area (Å²) in [5, 5.41) is 0. The quantitative estimate of drug-likeness (QED) is 0.579. The third-order valence-corrected chi connectivity index (χ3v) is 4.46. The molecule has 0 aliphatic rings. The number of hydrogen-bond acceptors (Lipinski definition) is 5. The third-order valence-electron chi connectivity index (χ3n) is 4.46. The molecule has 0 spiro atoms. The summed E-state index contributed by atoms with van der Waals surface area (Å²) in [6.45, 7) is 7.33. The smallest absolute Gasteiger partial charge is 0.338 e. The lowest BCUT2D eigenvalue weighted by molar-refractivity contribution is 0.0474. The van der Waals surface area contributed by atoms with Crippen molar-refractivity contribution in [1.82, 2.24) is 0 Å². The maximum Gasteiger partial charge on any atom is 0.338 e. The number of methoxy groups -OCH3 is 2. The Hall–Kier alpha value is -2.82. The average molecular weight is 356 g/mol. The fourth-order valence-electron chi connectivity index (χ4n) is 2.76. The molecule has 0 aromatic heterocycles. The first-order valence-electron chi connectivity index (χ1n) is 8.29. The highest BCUT2D eigenvalue weighted by molar-refractivity contribution is 6.00. The van der Waals surface area contributed by atoms with Crippen molar-refractivity contribution < 1.29 is 23.8 Å². The summed E-state index contributed by atoms with van der Waals surface area (Å²) in [5.74, 6) is 0.210. The Morgan fingerprint density at radius 1 is 0.808 bits per heavy atom. The summed E-state index contributed by atoms with van der Waals surface area (Å²) in [6.07, 6.45) is 0. The van der Waals surface area contributed by atoms with Crippen molar-refractivity contribution in [2.45, 2.75) is 27.7 Å². The zero-order valence-electron chi connectivity index (χ0n) is 16.1. The van der Waals surface area contributed by atoms with Crippen LogP contribution in [0.25, 0.3) is 0 Å². The molecule has 0 N–H and O–H groups in total. The Morgan fingerprint density at radius 2 is 1.35 bits per heavy atom. The molecule has 0 bridgehead atoms. The molecule has 5 nitrogen and oxygen atoms in total. The number of Topliss-reactive ketones (excluding diaryl/α,β-unsaturated/α-hetero) is 1. The van der Waals surface area contributed by atoms with E-state index in [0.29, 0.717) is 17.1 Å².